The Kier molecular flexibility index (Phi) is 8.13. The lowest BCUT2D eigenvalue weighted by Gasteiger charge is -2.38. The van der Waals surface area contributed by atoms with Gasteiger partial charge in [0.05, 0.1) is 0 Å². The van der Waals surface area contributed by atoms with Crippen molar-refractivity contribution in [3.05, 3.63) is 0 Å². The maximum atomic E-state index is 3.35. The van der Waals surface area contributed by atoms with E-state index >= 15 is 0 Å². The third-order valence-corrected chi connectivity index (χ3v) is 2.07. The van der Waals surface area contributed by atoms with Crippen LogP contribution in [0.1, 0.15) is 20.8 Å². The summed E-state index contributed by atoms with van der Waals surface area (Å²) in [5, 5.41) is 3.35. The van der Waals surface area contributed by atoms with Gasteiger partial charge in [-0.25, -0.2) is 0 Å². The Balaban J connectivity index is 0. The summed E-state index contributed by atoms with van der Waals surface area (Å²) < 4.78 is 0. The molecule has 4 heteroatoms. The first-order chi connectivity index (χ1) is 4.61. The molecule has 0 radical (unpaired) electrons. The minimum Gasteiger partial charge on any atom is -0.314 e. The molecule has 0 aliphatic carbocycles. The van der Waals surface area contributed by atoms with Crippen molar-refractivity contribution in [1.29, 1.82) is 0 Å². The molecule has 0 aromatic rings. The number of nitrogens with zero attached hydrogens (tertiary/aromatic N) is 1. The molecule has 0 saturated carbocycles. The number of rotatable bonds is 0. The molecule has 0 aromatic heterocycles. The van der Waals surface area contributed by atoms with E-state index in [2.05, 4.69) is 31.0 Å². The molecule has 1 aliphatic heterocycles. The summed E-state index contributed by atoms with van der Waals surface area (Å²) in [6, 6.07) is 0. The molecular weight excluding hydrogens is 284 g/mol. The molecule has 2 nitrogen and oxygen atoms in total. The third-order valence-electron chi connectivity index (χ3n) is 2.07. The number of nitrogens with one attached hydrogen (secondary N) is 1. The molecule has 0 bridgehead atoms. The quantitative estimate of drug-likeness (QED) is 0.735. The summed E-state index contributed by atoms with van der Waals surface area (Å²) in [6.07, 6.45) is 0. The van der Waals surface area contributed by atoms with Gasteiger partial charge in [0.2, 0.25) is 0 Å². The molecule has 0 atom stereocenters. The van der Waals surface area contributed by atoms with Crippen molar-refractivity contribution in [3.8, 4) is 0 Å². The van der Waals surface area contributed by atoms with E-state index in [1.807, 2.05) is 0 Å². The van der Waals surface area contributed by atoms with Crippen LogP contribution in [0.5, 0.6) is 0 Å². The van der Waals surface area contributed by atoms with E-state index in [1.54, 1.807) is 0 Å². The summed E-state index contributed by atoms with van der Waals surface area (Å²) in [5.74, 6) is 0. The van der Waals surface area contributed by atoms with Crippen LogP contribution in [0.3, 0.4) is 0 Å². The minimum atomic E-state index is 0. The second kappa shape index (κ2) is 6.35. The van der Waals surface area contributed by atoms with E-state index in [0.29, 0.717) is 5.54 Å². The Morgan fingerprint density at radius 1 is 1.00 bits per heavy atom. The van der Waals surface area contributed by atoms with Gasteiger partial charge in [-0.15, -0.1) is 34.0 Å². The molecule has 76 valence electrons. The minimum absolute atomic E-state index is 0. The van der Waals surface area contributed by atoms with Crippen molar-refractivity contribution in [1.82, 2.24) is 10.2 Å². The van der Waals surface area contributed by atoms with Gasteiger partial charge in [0.15, 0.2) is 0 Å². The average Bonchev–Trinajstić information content (AvgIpc) is 1.88. The average molecular weight is 304 g/mol. The van der Waals surface area contributed by atoms with Crippen LogP contribution in [-0.2, 0) is 0 Å². The molecular formula is C8H20Br2N2. The topological polar surface area (TPSA) is 15.3 Å². The highest BCUT2D eigenvalue weighted by Crippen LogP contribution is 2.12. The van der Waals surface area contributed by atoms with Gasteiger partial charge in [-0.1, -0.05) is 0 Å². The maximum Gasteiger partial charge on any atom is 0.0126 e. The van der Waals surface area contributed by atoms with Crippen molar-refractivity contribution in [2.24, 2.45) is 0 Å². The Hall–Kier alpha value is 0.880. The van der Waals surface area contributed by atoms with E-state index in [-0.39, 0.29) is 34.0 Å². The molecule has 1 heterocycles. The molecule has 0 spiro atoms. The fraction of sp³-hybridized carbons (Fsp3) is 1.00. The number of hydrogen-bond acceptors (Lipinski definition) is 2. The van der Waals surface area contributed by atoms with Gasteiger partial charge in [-0.05, 0) is 20.8 Å². The van der Waals surface area contributed by atoms with Gasteiger partial charge < -0.3 is 5.32 Å². The first-order valence-electron chi connectivity index (χ1n) is 4.06. The van der Waals surface area contributed by atoms with Crippen molar-refractivity contribution in [2.75, 3.05) is 26.2 Å². The zero-order valence-electron chi connectivity index (χ0n) is 8.09. The largest absolute Gasteiger partial charge is 0.314 e. The Morgan fingerprint density at radius 2 is 1.42 bits per heavy atom. The number of piperazine rings is 1. The van der Waals surface area contributed by atoms with Crippen molar-refractivity contribution in [3.63, 3.8) is 0 Å². The summed E-state index contributed by atoms with van der Waals surface area (Å²) in [6.45, 7) is 11.5. The van der Waals surface area contributed by atoms with Gasteiger partial charge in [0.25, 0.3) is 0 Å². The van der Waals surface area contributed by atoms with E-state index in [1.165, 1.54) is 13.1 Å². The second-order valence-corrected chi connectivity index (χ2v) is 3.91. The van der Waals surface area contributed by atoms with Crippen LogP contribution in [0.2, 0.25) is 0 Å². The highest BCUT2D eigenvalue weighted by Gasteiger charge is 2.21. The molecule has 0 aromatic carbocycles. The maximum absolute atomic E-state index is 3.35. The monoisotopic (exact) mass is 302 g/mol. The van der Waals surface area contributed by atoms with Gasteiger partial charge in [0, 0.05) is 31.7 Å². The van der Waals surface area contributed by atoms with Crippen LogP contribution in [0.15, 0.2) is 0 Å². The Labute approximate surface area is 96.6 Å². The molecule has 0 unspecified atom stereocenters. The van der Waals surface area contributed by atoms with Crippen LogP contribution < -0.4 is 5.32 Å². The fourth-order valence-corrected chi connectivity index (χ4v) is 1.34. The Bertz CT molecular complexity index is 106. The molecule has 1 aliphatic rings. The number of halogens is 2. The third kappa shape index (κ3) is 4.80. The molecule has 1 rings (SSSR count). The summed E-state index contributed by atoms with van der Waals surface area (Å²) in [7, 11) is 0. The van der Waals surface area contributed by atoms with Crippen molar-refractivity contribution in [2.45, 2.75) is 26.3 Å². The van der Waals surface area contributed by atoms with Crippen LogP contribution >= 0.6 is 34.0 Å². The normalized spacial score (nSPS) is 19.2. The first-order valence-corrected chi connectivity index (χ1v) is 4.06. The highest BCUT2D eigenvalue weighted by atomic mass is 79.9. The van der Waals surface area contributed by atoms with Gasteiger partial charge in [0.1, 0.15) is 0 Å². The molecule has 0 amide bonds. The standard InChI is InChI=1S/C8H18N2.2BrH/c1-8(2,3)10-6-4-9-5-7-10;;/h9H,4-7H2,1-3H3;2*1H. The molecule has 12 heavy (non-hydrogen) atoms. The predicted octanol–water partition coefficient (Wildman–Crippen LogP) is 1.85. The fourth-order valence-electron chi connectivity index (χ4n) is 1.34. The van der Waals surface area contributed by atoms with Crippen LogP contribution in [0.4, 0.5) is 0 Å². The summed E-state index contributed by atoms with van der Waals surface area (Å²) >= 11 is 0. The molecule has 1 N–H and O–H groups in total. The lowest BCUT2D eigenvalue weighted by Crippen LogP contribution is -2.51. The first kappa shape index (κ1) is 15.4. The van der Waals surface area contributed by atoms with Crippen molar-refractivity contribution >= 4 is 34.0 Å². The zero-order chi connectivity index (χ0) is 7.61. The SMILES string of the molecule is Br.Br.CC(C)(C)N1CCNCC1. The summed E-state index contributed by atoms with van der Waals surface area (Å²) in [5.41, 5.74) is 0.363. The van der Waals surface area contributed by atoms with Gasteiger partial charge >= 0.3 is 0 Å². The van der Waals surface area contributed by atoms with E-state index in [4.69, 9.17) is 0 Å². The van der Waals surface area contributed by atoms with Crippen LogP contribution in [-0.4, -0.2) is 36.6 Å². The molecule has 1 saturated heterocycles. The summed E-state index contributed by atoms with van der Waals surface area (Å²) in [4.78, 5) is 2.52. The van der Waals surface area contributed by atoms with Crippen molar-refractivity contribution < 1.29 is 0 Å². The van der Waals surface area contributed by atoms with E-state index in [9.17, 15) is 0 Å². The lowest BCUT2D eigenvalue weighted by molar-refractivity contribution is 0.119. The van der Waals surface area contributed by atoms with Crippen LogP contribution in [0.25, 0.3) is 0 Å². The van der Waals surface area contributed by atoms with Gasteiger partial charge in [-0.3, -0.25) is 4.90 Å². The van der Waals surface area contributed by atoms with E-state index < -0.39 is 0 Å². The number of hydrogen-bond donors (Lipinski definition) is 1. The Morgan fingerprint density at radius 3 is 1.67 bits per heavy atom. The highest BCUT2D eigenvalue weighted by molar-refractivity contribution is 8.93. The molecule has 1 fully saturated rings. The lowest BCUT2D eigenvalue weighted by atomic mass is 10.1. The van der Waals surface area contributed by atoms with Gasteiger partial charge in [-0.2, -0.15) is 0 Å². The van der Waals surface area contributed by atoms with Crippen LogP contribution in [0, 0.1) is 0 Å². The van der Waals surface area contributed by atoms with E-state index in [0.717, 1.165) is 13.1 Å². The predicted molar refractivity (Wildman–Crippen MR) is 64.8 cm³/mol. The zero-order valence-corrected chi connectivity index (χ0v) is 11.5. The second-order valence-electron chi connectivity index (χ2n) is 3.91. The smallest absolute Gasteiger partial charge is 0.0126 e.